The Labute approximate surface area is 189 Å². The number of nitrogens with zero attached hydrogens (tertiary/aromatic N) is 2. The molecule has 0 radical (unpaired) electrons. The Bertz CT molecular complexity index is 793. The number of nitrogens with one attached hydrogen (secondary N) is 2. The highest BCUT2D eigenvalue weighted by atomic mass is 127. The van der Waals surface area contributed by atoms with Crippen molar-refractivity contribution >= 4 is 57.2 Å². The Morgan fingerprint density at radius 3 is 2.81 bits per heavy atom. The maximum Gasteiger partial charge on any atom is 0.231 e. The van der Waals surface area contributed by atoms with Gasteiger partial charge in [0.05, 0.1) is 21.7 Å². The number of guanidine groups is 1. The van der Waals surface area contributed by atoms with Crippen molar-refractivity contribution in [3.05, 3.63) is 37.7 Å². The van der Waals surface area contributed by atoms with Crippen LogP contribution in [0, 0.1) is 13.8 Å². The van der Waals surface area contributed by atoms with Crippen molar-refractivity contribution in [2.75, 3.05) is 19.9 Å². The number of hydrogen-bond acceptors (Lipinski definition) is 5. The van der Waals surface area contributed by atoms with Crippen LogP contribution in [-0.2, 0) is 13.0 Å². The first kappa shape index (κ1) is 22.2. The van der Waals surface area contributed by atoms with Gasteiger partial charge in [0.25, 0.3) is 0 Å². The molecule has 0 bridgehead atoms. The van der Waals surface area contributed by atoms with Crippen LogP contribution in [0.2, 0.25) is 0 Å². The van der Waals surface area contributed by atoms with Crippen LogP contribution in [0.3, 0.4) is 0 Å². The zero-order chi connectivity index (χ0) is 18.5. The number of ether oxygens (including phenoxy) is 2. The highest BCUT2D eigenvalue weighted by Crippen LogP contribution is 2.40. The monoisotopic (exact) mass is 566 g/mol. The number of rotatable bonds is 6. The molecule has 6 nitrogen and oxygen atoms in total. The van der Waals surface area contributed by atoms with E-state index in [0.29, 0.717) is 6.54 Å². The van der Waals surface area contributed by atoms with Gasteiger partial charge in [-0.05, 0) is 54.4 Å². The van der Waals surface area contributed by atoms with E-state index in [-0.39, 0.29) is 30.8 Å². The molecule has 3 rings (SSSR count). The fraction of sp³-hybridized carbons (Fsp3) is 0.444. The topological polar surface area (TPSA) is 67.8 Å². The van der Waals surface area contributed by atoms with E-state index in [0.717, 1.165) is 57.7 Å². The maximum absolute atomic E-state index is 5.46. The lowest BCUT2D eigenvalue weighted by Gasteiger charge is -2.11. The van der Waals surface area contributed by atoms with Crippen molar-refractivity contribution in [1.82, 2.24) is 15.6 Å². The Balaban J connectivity index is 0.00000261. The van der Waals surface area contributed by atoms with Crippen LogP contribution in [0.1, 0.15) is 28.1 Å². The number of aryl methyl sites for hydroxylation is 2. The lowest BCUT2D eigenvalue weighted by atomic mass is 10.2. The maximum atomic E-state index is 5.46. The second-order valence-corrected chi connectivity index (χ2v) is 8.07. The van der Waals surface area contributed by atoms with Gasteiger partial charge in [0.15, 0.2) is 17.5 Å². The number of hydrogen-bond donors (Lipinski definition) is 2. The van der Waals surface area contributed by atoms with Crippen molar-refractivity contribution in [3.63, 3.8) is 0 Å². The normalized spacial score (nSPS) is 12.7. The molecule has 1 aliphatic heterocycles. The first-order chi connectivity index (χ1) is 12.6. The van der Waals surface area contributed by atoms with E-state index in [9.17, 15) is 0 Å². The summed E-state index contributed by atoms with van der Waals surface area (Å²) in [4.78, 5) is 10.5. The van der Waals surface area contributed by atoms with Crippen LogP contribution in [0.25, 0.3) is 0 Å². The zero-order valence-electron chi connectivity index (χ0n) is 15.6. The van der Waals surface area contributed by atoms with Crippen molar-refractivity contribution in [2.45, 2.75) is 33.7 Å². The van der Waals surface area contributed by atoms with E-state index in [1.807, 2.05) is 12.1 Å². The minimum atomic E-state index is 0. The number of halogens is 2. The van der Waals surface area contributed by atoms with Crippen LogP contribution in [-0.4, -0.2) is 30.8 Å². The lowest BCUT2D eigenvalue weighted by Crippen LogP contribution is -2.38. The molecule has 0 aliphatic carbocycles. The molecule has 2 aromatic rings. The summed E-state index contributed by atoms with van der Waals surface area (Å²) in [6.07, 6.45) is 0.888. The highest BCUT2D eigenvalue weighted by molar-refractivity contribution is 14.0. The average molecular weight is 567 g/mol. The van der Waals surface area contributed by atoms with Crippen molar-refractivity contribution in [2.24, 2.45) is 4.99 Å². The molecule has 9 heteroatoms. The summed E-state index contributed by atoms with van der Waals surface area (Å²) in [6.45, 7) is 8.65. The van der Waals surface area contributed by atoms with E-state index < -0.39 is 0 Å². The molecule has 0 amide bonds. The fourth-order valence-electron chi connectivity index (χ4n) is 2.56. The summed E-state index contributed by atoms with van der Waals surface area (Å²) < 4.78 is 11.8. The molecule has 1 aliphatic rings. The molecule has 2 heterocycles. The smallest absolute Gasteiger partial charge is 0.231 e. The number of thiazole rings is 1. The van der Waals surface area contributed by atoms with E-state index in [2.05, 4.69) is 57.3 Å². The van der Waals surface area contributed by atoms with Gasteiger partial charge in [0, 0.05) is 24.4 Å². The quantitative estimate of drug-likeness (QED) is 0.312. The van der Waals surface area contributed by atoms with Gasteiger partial charge < -0.3 is 20.1 Å². The van der Waals surface area contributed by atoms with Crippen LogP contribution >= 0.6 is 51.2 Å². The van der Waals surface area contributed by atoms with Gasteiger partial charge in [-0.3, -0.25) is 0 Å². The third-order valence-corrected chi connectivity index (χ3v) is 5.68. The zero-order valence-corrected chi connectivity index (χ0v) is 20.3. The van der Waals surface area contributed by atoms with Crippen molar-refractivity contribution in [1.29, 1.82) is 0 Å². The van der Waals surface area contributed by atoms with Crippen LogP contribution in [0.4, 0.5) is 0 Å². The Morgan fingerprint density at radius 2 is 2.11 bits per heavy atom. The lowest BCUT2D eigenvalue weighted by molar-refractivity contribution is 0.173. The van der Waals surface area contributed by atoms with Crippen LogP contribution in [0.5, 0.6) is 11.5 Å². The molecular weight excluding hydrogens is 543 g/mol. The van der Waals surface area contributed by atoms with Crippen molar-refractivity contribution in [3.8, 4) is 11.5 Å². The Hall–Kier alpha value is -1.07. The number of benzene rings is 1. The van der Waals surface area contributed by atoms with Gasteiger partial charge in [-0.2, -0.15) is 0 Å². The van der Waals surface area contributed by atoms with Gasteiger partial charge >= 0.3 is 0 Å². The fourth-order valence-corrected chi connectivity index (χ4v) is 4.10. The minimum absolute atomic E-state index is 0. The van der Waals surface area contributed by atoms with Gasteiger partial charge in [0.1, 0.15) is 0 Å². The molecule has 0 atom stereocenters. The predicted molar refractivity (Wildman–Crippen MR) is 124 cm³/mol. The first-order valence-corrected chi connectivity index (χ1v) is 10.2. The molecule has 0 saturated heterocycles. The third kappa shape index (κ3) is 5.95. The second-order valence-electron chi connectivity index (χ2n) is 5.93. The molecule has 148 valence electrons. The van der Waals surface area contributed by atoms with Gasteiger partial charge in [-0.25, -0.2) is 9.98 Å². The number of aromatic nitrogens is 1. The first-order valence-electron chi connectivity index (χ1n) is 8.60. The molecule has 2 N–H and O–H groups in total. The van der Waals surface area contributed by atoms with Crippen LogP contribution in [0.15, 0.2) is 21.6 Å². The molecule has 1 aromatic carbocycles. The van der Waals surface area contributed by atoms with Crippen molar-refractivity contribution < 1.29 is 9.47 Å². The Morgan fingerprint density at radius 1 is 1.30 bits per heavy atom. The van der Waals surface area contributed by atoms with Gasteiger partial charge in [-0.15, -0.1) is 35.3 Å². The SMILES string of the molecule is CCNC(=NCc1cc(Br)c2c(c1)OCO2)NCCc1nc(C)c(C)s1.I. The van der Waals surface area contributed by atoms with E-state index in [1.54, 1.807) is 11.3 Å². The molecule has 0 fully saturated rings. The average Bonchev–Trinajstić information content (AvgIpc) is 3.20. The van der Waals surface area contributed by atoms with E-state index >= 15 is 0 Å². The standard InChI is InChI=1S/C18H23BrN4O2S.HI/c1-4-20-18(21-6-5-16-23-11(2)12(3)26-16)22-9-13-7-14(19)17-15(8-13)24-10-25-17;/h7-8H,4-6,9-10H2,1-3H3,(H2,20,21,22);1H. The molecule has 0 spiro atoms. The summed E-state index contributed by atoms with van der Waals surface area (Å²) >= 11 is 5.28. The summed E-state index contributed by atoms with van der Waals surface area (Å²) in [6, 6.07) is 3.99. The van der Waals surface area contributed by atoms with Gasteiger partial charge in [0.2, 0.25) is 6.79 Å². The molecule has 0 saturated carbocycles. The number of fused-ring (bicyclic) bond motifs is 1. The summed E-state index contributed by atoms with van der Waals surface area (Å²) in [5, 5.41) is 7.81. The highest BCUT2D eigenvalue weighted by Gasteiger charge is 2.17. The molecule has 27 heavy (non-hydrogen) atoms. The van der Waals surface area contributed by atoms with Crippen LogP contribution < -0.4 is 20.1 Å². The second kappa shape index (κ2) is 10.5. The third-order valence-electron chi connectivity index (χ3n) is 3.96. The molecule has 0 unspecified atom stereocenters. The molecule has 1 aromatic heterocycles. The Kier molecular flexibility index (Phi) is 8.62. The summed E-state index contributed by atoms with van der Waals surface area (Å²) in [7, 11) is 0. The number of aliphatic imine (C=N–C) groups is 1. The molecular formula is C18H24BrIN4O2S. The minimum Gasteiger partial charge on any atom is -0.454 e. The van der Waals surface area contributed by atoms with Gasteiger partial charge in [-0.1, -0.05) is 0 Å². The van der Waals surface area contributed by atoms with E-state index in [4.69, 9.17) is 9.47 Å². The largest absolute Gasteiger partial charge is 0.454 e. The predicted octanol–water partition coefficient (Wildman–Crippen LogP) is 4.17. The van der Waals surface area contributed by atoms with E-state index in [1.165, 1.54) is 4.88 Å². The summed E-state index contributed by atoms with van der Waals surface area (Å²) in [5.74, 6) is 2.32. The summed E-state index contributed by atoms with van der Waals surface area (Å²) in [5.41, 5.74) is 2.18.